The first kappa shape index (κ1) is 12.2. The molecule has 0 spiro atoms. The van der Waals surface area contributed by atoms with Gasteiger partial charge in [-0.3, -0.25) is 0 Å². The van der Waals surface area contributed by atoms with E-state index in [2.05, 4.69) is 33.4 Å². The van der Waals surface area contributed by atoms with Crippen LogP contribution in [0.15, 0.2) is 12.2 Å². The minimum atomic E-state index is 0.180. The Morgan fingerprint density at radius 3 is 2.46 bits per heavy atom. The van der Waals surface area contributed by atoms with Gasteiger partial charge in [-0.05, 0) is 25.2 Å². The highest BCUT2D eigenvalue weighted by Gasteiger charge is 2.10. The van der Waals surface area contributed by atoms with Crippen LogP contribution >= 0.6 is 0 Å². The van der Waals surface area contributed by atoms with Gasteiger partial charge in [0, 0.05) is 0 Å². The zero-order chi connectivity index (χ0) is 10.3. The second kappa shape index (κ2) is 6.71. The first-order valence-corrected chi connectivity index (χ1v) is 5.16. The molecule has 0 heterocycles. The van der Waals surface area contributed by atoms with Gasteiger partial charge in [-0.2, -0.15) is 5.26 Å². The third kappa shape index (κ3) is 6.40. The summed E-state index contributed by atoms with van der Waals surface area (Å²) in [5, 5.41) is 8.90. The monoisotopic (exact) mass is 179 g/mol. The first-order valence-electron chi connectivity index (χ1n) is 5.16. The van der Waals surface area contributed by atoms with Crippen molar-refractivity contribution in [2.24, 2.45) is 11.8 Å². The molecule has 0 rings (SSSR count). The minimum absolute atomic E-state index is 0.180. The second-order valence-corrected chi connectivity index (χ2v) is 4.16. The van der Waals surface area contributed by atoms with E-state index in [4.69, 9.17) is 5.26 Å². The van der Waals surface area contributed by atoms with Crippen LogP contribution in [0.2, 0.25) is 0 Å². The molecule has 1 heteroatoms. The molecule has 0 amide bonds. The number of hydrogen-bond acceptors (Lipinski definition) is 1. The summed E-state index contributed by atoms with van der Waals surface area (Å²) in [5.74, 6) is 0.790. The van der Waals surface area contributed by atoms with E-state index in [9.17, 15) is 0 Å². The Bertz CT molecular complexity index is 186. The van der Waals surface area contributed by atoms with Crippen molar-refractivity contribution in [2.45, 2.75) is 46.5 Å². The summed E-state index contributed by atoms with van der Waals surface area (Å²) in [6, 6.07) is 2.36. The molecule has 0 saturated carbocycles. The molecule has 0 saturated heterocycles. The Morgan fingerprint density at radius 2 is 2.08 bits per heavy atom. The molecule has 0 radical (unpaired) electrons. The summed E-state index contributed by atoms with van der Waals surface area (Å²) < 4.78 is 0. The third-order valence-electron chi connectivity index (χ3n) is 2.08. The van der Waals surface area contributed by atoms with E-state index >= 15 is 0 Å². The smallest absolute Gasteiger partial charge is 0.0659 e. The van der Waals surface area contributed by atoms with Crippen LogP contribution in [0, 0.1) is 23.2 Å². The van der Waals surface area contributed by atoms with Gasteiger partial charge in [-0.1, -0.05) is 39.3 Å². The van der Waals surface area contributed by atoms with E-state index in [0.717, 1.165) is 25.7 Å². The summed E-state index contributed by atoms with van der Waals surface area (Å²) >= 11 is 0. The molecule has 0 aromatic heterocycles. The van der Waals surface area contributed by atoms with Crippen LogP contribution in [0.5, 0.6) is 0 Å². The zero-order valence-corrected chi connectivity index (χ0v) is 9.14. The summed E-state index contributed by atoms with van der Waals surface area (Å²) in [4.78, 5) is 0. The molecule has 0 aromatic rings. The van der Waals surface area contributed by atoms with Crippen molar-refractivity contribution in [1.82, 2.24) is 0 Å². The molecule has 0 aliphatic carbocycles. The van der Waals surface area contributed by atoms with Crippen molar-refractivity contribution in [3.8, 4) is 6.07 Å². The molecular formula is C12H21N. The fraction of sp³-hybridized carbons (Fsp3) is 0.750. The fourth-order valence-corrected chi connectivity index (χ4v) is 1.55. The average Bonchev–Trinajstić information content (AvgIpc) is 2.02. The number of nitriles is 1. The van der Waals surface area contributed by atoms with Gasteiger partial charge in [0.15, 0.2) is 0 Å². The maximum absolute atomic E-state index is 8.90. The first-order chi connectivity index (χ1) is 6.10. The lowest BCUT2D eigenvalue weighted by atomic mass is 9.91. The molecule has 0 aliphatic heterocycles. The Balaban J connectivity index is 3.85. The van der Waals surface area contributed by atoms with Gasteiger partial charge in [0.2, 0.25) is 0 Å². The average molecular weight is 179 g/mol. The van der Waals surface area contributed by atoms with Gasteiger partial charge < -0.3 is 0 Å². The van der Waals surface area contributed by atoms with E-state index in [1.54, 1.807) is 0 Å². The van der Waals surface area contributed by atoms with E-state index in [-0.39, 0.29) is 5.92 Å². The second-order valence-electron chi connectivity index (χ2n) is 4.16. The van der Waals surface area contributed by atoms with Crippen LogP contribution in [0.25, 0.3) is 0 Å². The molecule has 1 atom stereocenters. The number of hydrogen-bond donors (Lipinski definition) is 0. The highest BCUT2D eigenvalue weighted by Crippen LogP contribution is 2.20. The SMILES string of the molecule is C=C(CCC)CC(C#N)CC(C)C. The molecule has 0 aliphatic rings. The molecule has 0 bridgehead atoms. The Labute approximate surface area is 82.5 Å². The van der Waals surface area contributed by atoms with Crippen molar-refractivity contribution in [1.29, 1.82) is 5.26 Å². The van der Waals surface area contributed by atoms with E-state index in [0.29, 0.717) is 5.92 Å². The lowest BCUT2D eigenvalue weighted by Crippen LogP contribution is -2.03. The normalized spacial score (nSPS) is 12.5. The van der Waals surface area contributed by atoms with E-state index < -0.39 is 0 Å². The van der Waals surface area contributed by atoms with Gasteiger partial charge in [0.1, 0.15) is 0 Å². The topological polar surface area (TPSA) is 23.8 Å². The van der Waals surface area contributed by atoms with Crippen molar-refractivity contribution in [3.05, 3.63) is 12.2 Å². The molecule has 1 nitrogen and oxygen atoms in total. The maximum Gasteiger partial charge on any atom is 0.0659 e. The Morgan fingerprint density at radius 1 is 1.46 bits per heavy atom. The standard InChI is InChI=1S/C12H21N/c1-5-6-11(4)8-12(9-13)7-10(2)3/h10,12H,4-8H2,1-3H3. The van der Waals surface area contributed by atoms with Crippen LogP contribution in [0.1, 0.15) is 46.5 Å². The fourth-order valence-electron chi connectivity index (χ4n) is 1.55. The molecule has 0 aromatic carbocycles. The number of rotatable bonds is 6. The van der Waals surface area contributed by atoms with Crippen LogP contribution in [-0.2, 0) is 0 Å². The molecular weight excluding hydrogens is 158 g/mol. The number of allylic oxidation sites excluding steroid dienone is 1. The van der Waals surface area contributed by atoms with Crippen molar-refractivity contribution in [2.75, 3.05) is 0 Å². The van der Waals surface area contributed by atoms with Gasteiger partial charge >= 0.3 is 0 Å². The summed E-state index contributed by atoms with van der Waals surface area (Å²) in [6.07, 6.45) is 4.09. The molecule has 0 fully saturated rings. The molecule has 74 valence electrons. The van der Waals surface area contributed by atoms with Crippen LogP contribution in [0.3, 0.4) is 0 Å². The number of nitrogens with zero attached hydrogens (tertiary/aromatic N) is 1. The predicted molar refractivity (Wildman–Crippen MR) is 57.2 cm³/mol. The zero-order valence-electron chi connectivity index (χ0n) is 9.14. The van der Waals surface area contributed by atoms with E-state index in [1.807, 2.05) is 0 Å². The summed E-state index contributed by atoms with van der Waals surface area (Å²) in [7, 11) is 0. The van der Waals surface area contributed by atoms with Crippen molar-refractivity contribution >= 4 is 0 Å². The van der Waals surface area contributed by atoms with Gasteiger partial charge in [-0.15, -0.1) is 0 Å². The van der Waals surface area contributed by atoms with Gasteiger partial charge in [-0.25, -0.2) is 0 Å². The van der Waals surface area contributed by atoms with Crippen LogP contribution in [-0.4, -0.2) is 0 Å². The highest BCUT2D eigenvalue weighted by molar-refractivity contribution is 5.00. The minimum Gasteiger partial charge on any atom is -0.198 e. The maximum atomic E-state index is 8.90. The lowest BCUT2D eigenvalue weighted by Gasteiger charge is -2.12. The van der Waals surface area contributed by atoms with Crippen LogP contribution in [0.4, 0.5) is 0 Å². The van der Waals surface area contributed by atoms with Crippen molar-refractivity contribution in [3.63, 3.8) is 0 Å². The van der Waals surface area contributed by atoms with E-state index in [1.165, 1.54) is 5.57 Å². The van der Waals surface area contributed by atoms with Crippen LogP contribution < -0.4 is 0 Å². The van der Waals surface area contributed by atoms with Gasteiger partial charge in [0.25, 0.3) is 0 Å². The third-order valence-corrected chi connectivity index (χ3v) is 2.08. The molecule has 0 N–H and O–H groups in total. The predicted octanol–water partition coefficient (Wildman–Crippen LogP) is 3.92. The summed E-state index contributed by atoms with van der Waals surface area (Å²) in [5.41, 5.74) is 1.23. The largest absolute Gasteiger partial charge is 0.198 e. The quantitative estimate of drug-likeness (QED) is 0.567. The Kier molecular flexibility index (Phi) is 6.32. The highest BCUT2D eigenvalue weighted by atomic mass is 14.3. The molecule has 13 heavy (non-hydrogen) atoms. The lowest BCUT2D eigenvalue weighted by molar-refractivity contribution is 0.476. The summed E-state index contributed by atoms with van der Waals surface area (Å²) in [6.45, 7) is 10.5. The van der Waals surface area contributed by atoms with Crippen molar-refractivity contribution < 1.29 is 0 Å². The van der Waals surface area contributed by atoms with Gasteiger partial charge in [0.05, 0.1) is 12.0 Å². The Hall–Kier alpha value is -0.770. The molecule has 1 unspecified atom stereocenters.